The molecule has 1 unspecified atom stereocenters. The molecule has 0 bridgehead atoms. The van der Waals surface area contributed by atoms with Crippen LogP contribution in [0.5, 0.6) is 5.75 Å². The van der Waals surface area contributed by atoms with Gasteiger partial charge in [0, 0.05) is 31.4 Å². The fraction of sp³-hybridized carbons (Fsp3) is 0.333. The van der Waals surface area contributed by atoms with E-state index in [1.165, 1.54) is 12.3 Å². The molecular formula is C21H22N4O5. The normalized spacial score (nSPS) is 17.3. The average Bonchev–Trinajstić information content (AvgIpc) is 3.36. The van der Waals surface area contributed by atoms with E-state index in [0.29, 0.717) is 35.7 Å². The van der Waals surface area contributed by atoms with Gasteiger partial charge in [-0.15, -0.1) is 0 Å². The second-order valence-electron chi connectivity index (χ2n) is 7.27. The number of aromatic nitrogens is 1. The number of carboxylic acids is 1. The minimum atomic E-state index is -1.09. The van der Waals surface area contributed by atoms with Gasteiger partial charge in [-0.1, -0.05) is 0 Å². The fourth-order valence-corrected chi connectivity index (χ4v) is 3.65. The third-order valence-electron chi connectivity index (χ3n) is 5.16. The lowest BCUT2D eigenvalue weighted by Crippen LogP contribution is -2.35. The third kappa shape index (κ3) is 4.19. The number of aromatic amines is 1. The molecule has 0 aliphatic carbocycles. The Hall–Kier alpha value is -3.62. The van der Waals surface area contributed by atoms with Gasteiger partial charge < -0.3 is 25.0 Å². The molecule has 156 valence electrons. The lowest BCUT2D eigenvalue weighted by atomic mass is 10.1. The molecule has 2 aromatic rings. The first kappa shape index (κ1) is 19.7. The number of carbonyl (C=O) groups excluding carboxylic acids is 2. The van der Waals surface area contributed by atoms with Crippen molar-refractivity contribution in [3.05, 3.63) is 41.7 Å². The molecule has 2 aliphatic rings. The molecule has 3 heterocycles. The zero-order valence-electron chi connectivity index (χ0n) is 16.3. The highest BCUT2D eigenvalue weighted by atomic mass is 16.5. The SMILES string of the molecule is O=C(CCCOc1ccc2c(c1)N=CC1CCCN1C2=O)Nc1c[nH]c(C(=O)O)c1. The van der Waals surface area contributed by atoms with Crippen molar-refractivity contribution in [1.29, 1.82) is 0 Å². The molecule has 1 aromatic heterocycles. The summed E-state index contributed by atoms with van der Waals surface area (Å²) in [4.78, 5) is 44.4. The number of anilines is 1. The predicted molar refractivity (Wildman–Crippen MR) is 110 cm³/mol. The molecule has 2 amide bonds. The van der Waals surface area contributed by atoms with Crippen LogP contribution in [0.1, 0.15) is 46.5 Å². The van der Waals surface area contributed by atoms with E-state index in [2.05, 4.69) is 15.3 Å². The van der Waals surface area contributed by atoms with Gasteiger partial charge in [-0.3, -0.25) is 14.6 Å². The number of nitrogens with one attached hydrogen (secondary N) is 2. The second kappa shape index (κ2) is 8.40. The van der Waals surface area contributed by atoms with Gasteiger partial charge in [0.1, 0.15) is 11.4 Å². The summed E-state index contributed by atoms with van der Waals surface area (Å²) in [5.41, 5.74) is 1.60. The molecule has 1 atom stereocenters. The first-order valence-electron chi connectivity index (χ1n) is 9.85. The van der Waals surface area contributed by atoms with Crippen LogP contribution in [0, 0.1) is 0 Å². The number of benzene rings is 1. The summed E-state index contributed by atoms with van der Waals surface area (Å²) in [6.07, 6.45) is 5.91. The number of hydrogen-bond acceptors (Lipinski definition) is 5. The summed E-state index contributed by atoms with van der Waals surface area (Å²) in [5, 5.41) is 11.5. The maximum absolute atomic E-state index is 12.7. The molecule has 1 fully saturated rings. The molecule has 2 aliphatic heterocycles. The van der Waals surface area contributed by atoms with E-state index in [9.17, 15) is 14.4 Å². The van der Waals surface area contributed by atoms with Crippen LogP contribution in [0.3, 0.4) is 0 Å². The maximum atomic E-state index is 12.7. The molecular weight excluding hydrogens is 388 g/mol. The van der Waals surface area contributed by atoms with E-state index in [0.717, 1.165) is 19.4 Å². The van der Waals surface area contributed by atoms with E-state index in [1.807, 2.05) is 11.1 Å². The minimum Gasteiger partial charge on any atom is -0.494 e. The Morgan fingerprint density at radius 3 is 3.00 bits per heavy atom. The standard InChI is InChI=1S/C21H22N4O5/c26-19(24-13-9-18(21(28)29)22-11-13)4-2-8-30-15-5-6-16-17(10-15)23-12-14-3-1-7-25(14)20(16)27/h5-6,9-12,14,22H,1-4,7-8H2,(H,24,26)(H,28,29). The largest absolute Gasteiger partial charge is 0.494 e. The van der Waals surface area contributed by atoms with Crippen LogP contribution in [-0.4, -0.2) is 58.2 Å². The molecule has 3 N–H and O–H groups in total. The van der Waals surface area contributed by atoms with Crippen molar-refractivity contribution in [1.82, 2.24) is 9.88 Å². The number of amides is 2. The van der Waals surface area contributed by atoms with Gasteiger partial charge in [0.25, 0.3) is 5.91 Å². The van der Waals surface area contributed by atoms with Crippen LogP contribution in [-0.2, 0) is 4.79 Å². The maximum Gasteiger partial charge on any atom is 0.352 e. The zero-order chi connectivity index (χ0) is 21.1. The summed E-state index contributed by atoms with van der Waals surface area (Å²) in [6, 6.07) is 6.66. The molecule has 30 heavy (non-hydrogen) atoms. The number of rotatable bonds is 7. The number of aromatic carboxylic acids is 1. The van der Waals surface area contributed by atoms with Gasteiger partial charge in [0.05, 0.1) is 29.6 Å². The van der Waals surface area contributed by atoms with Crippen molar-refractivity contribution in [2.75, 3.05) is 18.5 Å². The highest BCUT2D eigenvalue weighted by Gasteiger charge is 2.31. The smallest absolute Gasteiger partial charge is 0.352 e. The van der Waals surface area contributed by atoms with Gasteiger partial charge in [-0.25, -0.2) is 4.79 Å². The van der Waals surface area contributed by atoms with E-state index in [4.69, 9.17) is 9.84 Å². The topological polar surface area (TPSA) is 124 Å². The number of nitrogens with zero attached hydrogens (tertiary/aromatic N) is 2. The molecule has 1 saturated heterocycles. The lowest BCUT2D eigenvalue weighted by Gasteiger charge is -2.19. The van der Waals surface area contributed by atoms with Gasteiger partial charge in [-0.2, -0.15) is 0 Å². The highest BCUT2D eigenvalue weighted by Crippen LogP contribution is 2.31. The van der Waals surface area contributed by atoms with Crippen molar-refractivity contribution < 1.29 is 24.2 Å². The van der Waals surface area contributed by atoms with Crippen molar-refractivity contribution in [3.63, 3.8) is 0 Å². The molecule has 0 spiro atoms. The van der Waals surface area contributed by atoms with Crippen molar-refractivity contribution in [2.24, 2.45) is 4.99 Å². The first-order chi connectivity index (χ1) is 14.5. The molecule has 9 heteroatoms. The summed E-state index contributed by atoms with van der Waals surface area (Å²) in [6.45, 7) is 1.09. The van der Waals surface area contributed by atoms with Gasteiger partial charge in [0.2, 0.25) is 5.91 Å². The summed E-state index contributed by atoms with van der Waals surface area (Å²) in [5.74, 6) is -0.717. The molecule has 1 aromatic carbocycles. The number of carbonyl (C=O) groups is 3. The highest BCUT2D eigenvalue weighted by molar-refractivity contribution is 6.03. The number of H-pyrrole nitrogens is 1. The molecule has 0 saturated carbocycles. The summed E-state index contributed by atoms with van der Waals surface area (Å²) >= 11 is 0. The van der Waals surface area contributed by atoms with Crippen LogP contribution in [0.4, 0.5) is 11.4 Å². The predicted octanol–water partition coefficient (Wildman–Crippen LogP) is 2.83. The van der Waals surface area contributed by atoms with Crippen molar-refractivity contribution >= 4 is 35.4 Å². The Morgan fingerprint density at radius 2 is 2.20 bits per heavy atom. The van der Waals surface area contributed by atoms with Gasteiger partial charge >= 0.3 is 5.97 Å². The zero-order valence-corrected chi connectivity index (χ0v) is 16.3. The quantitative estimate of drug-likeness (QED) is 0.606. The Balaban J connectivity index is 1.27. The first-order valence-corrected chi connectivity index (χ1v) is 9.85. The molecule has 9 nitrogen and oxygen atoms in total. The Morgan fingerprint density at radius 1 is 1.33 bits per heavy atom. The monoisotopic (exact) mass is 410 g/mol. The van der Waals surface area contributed by atoms with E-state index >= 15 is 0 Å². The van der Waals surface area contributed by atoms with E-state index in [-0.39, 0.29) is 30.0 Å². The van der Waals surface area contributed by atoms with Crippen LogP contribution >= 0.6 is 0 Å². The van der Waals surface area contributed by atoms with E-state index in [1.54, 1.807) is 18.2 Å². The average molecular weight is 410 g/mol. The second-order valence-corrected chi connectivity index (χ2v) is 7.27. The fourth-order valence-electron chi connectivity index (χ4n) is 3.65. The third-order valence-corrected chi connectivity index (χ3v) is 5.16. The van der Waals surface area contributed by atoms with E-state index < -0.39 is 5.97 Å². The number of fused-ring (bicyclic) bond motifs is 2. The minimum absolute atomic E-state index is 0.00373. The van der Waals surface area contributed by atoms with Gasteiger partial charge in [-0.05, 0) is 37.5 Å². The Kier molecular flexibility index (Phi) is 5.51. The lowest BCUT2D eigenvalue weighted by molar-refractivity contribution is -0.116. The van der Waals surface area contributed by atoms with Crippen LogP contribution in [0.2, 0.25) is 0 Å². The van der Waals surface area contributed by atoms with Crippen LogP contribution < -0.4 is 10.1 Å². The Labute approximate surface area is 172 Å². The van der Waals surface area contributed by atoms with Gasteiger partial charge in [0.15, 0.2) is 0 Å². The molecule has 4 rings (SSSR count). The molecule has 0 radical (unpaired) electrons. The number of hydrogen-bond donors (Lipinski definition) is 3. The summed E-state index contributed by atoms with van der Waals surface area (Å²) < 4.78 is 5.72. The summed E-state index contributed by atoms with van der Waals surface area (Å²) in [7, 11) is 0. The van der Waals surface area contributed by atoms with Crippen molar-refractivity contribution in [2.45, 2.75) is 31.7 Å². The van der Waals surface area contributed by atoms with Crippen molar-refractivity contribution in [3.8, 4) is 5.75 Å². The van der Waals surface area contributed by atoms with Crippen LogP contribution in [0.25, 0.3) is 0 Å². The number of aliphatic imine (C=N–C) groups is 1. The van der Waals surface area contributed by atoms with Crippen LogP contribution in [0.15, 0.2) is 35.5 Å². The number of carboxylic acid groups (broad SMARTS) is 1. The Bertz CT molecular complexity index is 1010. The number of ether oxygens (including phenoxy) is 1.